The molecule has 5 nitrogen and oxygen atoms in total. The van der Waals surface area contributed by atoms with Crippen LogP contribution in [0, 0.1) is 0 Å². The van der Waals surface area contributed by atoms with E-state index in [-0.39, 0.29) is 11.2 Å². The van der Waals surface area contributed by atoms with Crippen LogP contribution in [0.1, 0.15) is 12.5 Å². The van der Waals surface area contributed by atoms with Gasteiger partial charge in [0.15, 0.2) is 16.9 Å². The average Bonchev–Trinajstić information content (AvgIpc) is 2.77. The lowest BCUT2D eigenvalue weighted by Crippen LogP contribution is -2.12. The highest BCUT2D eigenvalue weighted by atomic mass is 32.2. The number of phenols is 1. The highest BCUT2D eigenvalue weighted by Gasteiger charge is 2.15. The number of hydrogen-bond acceptors (Lipinski definition) is 5. The molecule has 0 bridgehead atoms. The van der Waals surface area contributed by atoms with Crippen molar-refractivity contribution in [3.63, 3.8) is 0 Å². The molecule has 0 aliphatic rings. The lowest BCUT2D eigenvalue weighted by Gasteiger charge is -2.17. The van der Waals surface area contributed by atoms with Gasteiger partial charge in [0.25, 0.3) is 0 Å². The van der Waals surface area contributed by atoms with Crippen LogP contribution >= 0.6 is 11.8 Å². The molecule has 0 atom stereocenters. The van der Waals surface area contributed by atoms with Crippen molar-refractivity contribution in [2.75, 3.05) is 20.0 Å². The molecule has 0 spiro atoms. The largest absolute Gasteiger partial charge is 0.502 e. The Kier molecular flexibility index (Phi) is 5.59. The fourth-order valence-corrected chi connectivity index (χ4v) is 4.44. The molecule has 0 aliphatic heterocycles. The normalized spacial score (nSPS) is 11.2. The molecule has 0 fully saturated rings. The van der Waals surface area contributed by atoms with Gasteiger partial charge in [-0.25, -0.2) is 0 Å². The SMILES string of the molecule is CCSc1ccc2c(=O)c3ccccc3n(Cc3cc(OC)c(O)c(OC)c3)c2c1. The second-order valence-electron chi connectivity index (χ2n) is 6.89. The Labute approximate surface area is 178 Å². The number of methoxy groups -OCH3 is 2. The van der Waals surface area contributed by atoms with E-state index in [9.17, 15) is 9.90 Å². The van der Waals surface area contributed by atoms with Crippen molar-refractivity contribution in [1.82, 2.24) is 4.57 Å². The minimum Gasteiger partial charge on any atom is -0.502 e. The lowest BCUT2D eigenvalue weighted by atomic mass is 10.1. The maximum Gasteiger partial charge on any atom is 0.200 e. The summed E-state index contributed by atoms with van der Waals surface area (Å²) in [7, 11) is 3.02. The van der Waals surface area contributed by atoms with Gasteiger partial charge < -0.3 is 19.1 Å². The quantitative estimate of drug-likeness (QED) is 0.349. The topological polar surface area (TPSA) is 60.7 Å². The van der Waals surface area contributed by atoms with Gasteiger partial charge in [-0.1, -0.05) is 19.1 Å². The van der Waals surface area contributed by atoms with E-state index in [1.165, 1.54) is 14.2 Å². The zero-order valence-electron chi connectivity index (χ0n) is 17.1. The first-order chi connectivity index (χ1) is 14.6. The molecule has 30 heavy (non-hydrogen) atoms. The van der Waals surface area contributed by atoms with Crippen LogP contribution in [0.15, 0.2) is 64.3 Å². The molecule has 0 unspecified atom stereocenters. The van der Waals surface area contributed by atoms with Gasteiger partial charge in [-0.2, -0.15) is 0 Å². The highest BCUT2D eigenvalue weighted by molar-refractivity contribution is 7.99. The van der Waals surface area contributed by atoms with Crippen LogP contribution in [-0.2, 0) is 6.54 Å². The second-order valence-corrected chi connectivity index (χ2v) is 8.23. The van der Waals surface area contributed by atoms with E-state index in [0.717, 1.165) is 27.2 Å². The molecule has 0 amide bonds. The van der Waals surface area contributed by atoms with E-state index in [4.69, 9.17) is 9.47 Å². The molecule has 154 valence electrons. The van der Waals surface area contributed by atoms with Gasteiger partial charge in [-0.05, 0) is 53.8 Å². The standard InChI is InChI=1S/C24H23NO4S/c1-4-30-16-9-10-18-20(13-16)25(19-8-6-5-7-17(19)23(18)26)14-15-11-21(28-2)24(27)22(12-15)29-3/h5-13,27H,4,14H2,1-3H3. The average molecular weight is 422 g/mol. The van der Waals surface area contributed by atoms with Crippen LogP contribution in [-0.4, -0.2) is 29.6 Å². The van der Waals surface area contributed by atoms with Crippen molar-refractivity contribution in [3.05, 3.63) is 70.4 Å². The predicted molar refractivity (Wildman–Crippen MR) is 122 cm³/mol. The van der Waals surface area contributed by atoms with Gasteiger partial charge in [-0.15, -0.1) is 11.8 Å². The summed E-state index contributed by atoms with van der Waals surface area (Å²) in [5, 5.41) is 11.6. The van der Waals surface area contributed by atoms with Crippen LogP contribution in [0.3, 0.4) is 0 Å². The summed E-state index contributed by atoms with van der Waals surface area (Å²) < 4.78 is 12.8. The molecule has 0 aliphatic carbocycles. The fourth-order valence-electron chi connectivity index (χ4n) is 3.75. The Balaban J connectivity index is 2.00. The van der Waals surface area contributed by atoms with E-state index >= 15 is 0 Å². The molecule has 0 saturated carbocycles. The van der Waals surface area contributed by atoms with Crippen molar-refractivity contribution in [3.8, 4) is 17.2 Å². The molecular weight excluding hydrogens is 398 g/mol. The molecule has 4 rings (SSSR count). The number of ether oxygens (including phenoxy) is 2. The third-order valence-corrected chi connectivity index (χ3v) is 6.01. The maximum absolute atomic E-state index is 13.1. The number of fused-ring (bicyclic) bond motifs is 2. The predicted octanol–water partition coefficient (Wildman–Crippen LogP) is 5.04. The second kappa shape index (κ2) is 8.32. The molecule has 1 heterocycles. The van der Waals surface area contributed by atoms with Gasteiger partial charge in [-0.3, -0.25) is 4.79 Å². The summed E-state index contributed by atoms with van der Waals surface area (Å²) >= 11 is 1.74. The number of nitrogens with zero attached hydrogens (tertiary/aromatic N) is 1. The third-order valence-electron chi connectivity index (χ3n) is 5.14. The molecule has 1 aromatic heterocycles. The summed E-state index contributed by atoms with van der Waals surface area (Å²) in [6.45, 7) is 2.60. The summed E-state index contributed by atoms with van der Waals surface area (Å²) in [6, 6.07) is 17.2. The van der Waals surface area contributed by atoms with Crippen molar-refractivity contribution < 1.29 is 14.6 Å². The van der Waals surface area contributed by atoms with Crippen LogP contribution in [0.2, 0.25) is 0 Å². The monoisotopic (exact) mass is 421 g/mol. The van der Waals surface area contributed by atoms with E-state index in [2.05, 4.69) is 17.6 Å². The smallest absolute Gasteiger partial charge is 0.200 e. The molecular formula is C24H23NO4S. The fraction of sp³-hybridized carbons (Fsp3) is 0.208. The summed E-state index contributed by atoms with van der Waals surface area (Å²) in [4.78, 5) is 14.2. The number of hydrogen-bond donors (Lipinski definition) is 1. The summed E-state index contributed by atoms with van der Waals surface area (Å²) in [6.07, 6.45) is 0. The van der Waals surface area contributed by atoms with Gasteiger partial charge >= 0.3 is 0 Å². The van der Waals surface area contributed by atoms with Gasteiger partial charge in [0.1, 0.15) is 0 Å². The third kappa shape index (κ3) is 3.48. The number of pyridine rings is 1. The van der Waals surface area contributed by atoms with E-state index in [1.807, 2.05) is 36.4 Å². The molecule has 6 heteroatoms. The number of aromatic nitrogens is 1. The number of para-hydroxylation sites is 1. The molecule has 4 aromatic rings. The number of phenolic OH excluding ortho intramolecular Hbond substituents is 1. The van der Waals surface area contributed by atoms with Crippen molar-refractivity contribution in [2.45, 2.75) is 18.4 Å². The molecule has 0 radical (unpaired) electrons. The molecule has 3 aromatic carbocycles. The Morgan fingerprint density at radius 3 is 2.27 bits per heavy atom. The lowest BCUT2D eigenvalue weighted by molar-refractivity contribution is 0.339. The zero-order chi connectivity index (χ0) is 21.3. The van der Waals surface area contributed by atoms with Crippen LogP contribution < -0.4 is 14.9 Å². The zero-order valence-corrected chi connectivity index (χ0v) is 18.0. The van der Waals surface area contributed by atoms with Crippen molar-refractivity contribution >= 4 is 33.6 Å². The van der Waals surface area contributed by atoms with Gasteiger partial charge in [0.05, 0.1) is 25.3 Å². The minimum atomic E-state index is -0.0278. The maximum atomic E-state index is 13.1. The number of benzene rings is 3. The Morgan fingerprint density at radius 2 is 1.60 bits per heavy atom. The van der Waals surface area contributed by atoms with Crippen molar-refractivity contribution in [1.29, 1.82) is 0 Å². The highest BCUT2D eigenvalue weighted by Crippen LogP contribution is 2.37. The van der Waals surface area contributed by atoms with E-state index in [0.29, 0.717) is 28.8 Å². The first-order valence-electron chi connectivity index (χ1n) is 9.69. The van der Waals surface area contributed by atoms with Crippen LogP contribution in [0.5, 0.6) is 17.2 Å². The molecule has 1 N–H and O–H groups in total. The number of rotatable bonds is 6. The Bertz CT molecular complexity index is 1270. The Hall–Kier alpha value is -3.12. The Morgan fingerprint density at radius 1 is 0.933 bits per heavy atom. The van der Waals surface area contributed by atoms with Gasteiger partial charge in [0.2, 0.25) is 5.75 Å². The van der Waals surface area contributed by atoms with Crippen molar-refractivity contribution in [2.24, 2.45) is 0 Å². The first kappa shape index (κ1) is 20.2. The summed E-state index contributed by atoms with van der Waals surface area (Å²) in [5.74, 6) is 1.62. The summed E-state index contributed by atoms with van der Waals surface area (Å²) in [5.41, 5.74) is 2.67. The number of thioether (sulfide) groups is 1. The van der Waals surface area contributed by atoms with Crippen LogP contribution in [0.4, 0.5) is 0 Å². The van der Waals surface area contributed by atoms with E-state index in [1.54, 1.807) is 23.9 Å². The van der Waals surface area contributed by atoms with E-state index < -0.39 is 0 Å². The van der Waals surface area contributed by atoms with Gasteiger partial charge in [0, 0.05) is 22.2 Å². The minimum absolute atomic E-state index is 0.0278. The first-order valence-corrected chi connectivity index (χ1v) is 10.7. The van der Waals surface area contributed by atoms with Crippen LogP contribution in [0.25, 0.3) is 21.8 Å². The molecule has 0 saturated heterocycles. The number of aromatic hydroxyl groups is 1.